The summed E-state index contributed by atoms with van der Waals surface area (Å²) in [7, 11) is 0. The van der Waals surface area contributed by atoms with E-state index >= 15 is 0 Å². The van der Waals surface area contributed by atoms with Crippen molar-refractivity contribution in [1.29, 1.82) is 0 Å². The number of rotatable bonds is 3. The van der Waals surface area contributed by atoms with Crippen LogP contribution in [-0.2, 0) is 6.42 Å². The Hall–Kier alpha value is -2.70. The van der Waals surface area contributed by atoms with Gasteiger partial charge < -0.3 is 4.90 Å². The topological polar surface area (TPSA) is 79.2 Å². The summed E-state index contributed by atoms with van der Waals surface area (Å²) >= 11 is 0. The molecule has 1 saturated heterocycles. The lowest BCUT2D eigenvalue weighted by atomic mass is 9.92. The van der Waals surface area contributed by atoms with Crippen molar-refractivity contribution in [2.75, 3.05) is 13.1 Å². The molecule has 1 N–H and O–H groups in total. The van der Waals surface area contributed by atoms with Crippen LogP contribution >= 0.6 is 0 Å². The molecule has 0 saturated carbocycles. The Morgan fingerprint density at radius 3 is 2.92 bits per heavy atom. The van der Waals surface area contributed by atoms with E-state index in [0.29, 0.717) is 11.6 Å². The Bertz CT molecular complexity index is 956. The second kappa shape index (κ2) is 6.55. The molecule has 136 valence electrons. The monoisotopic (exact) mass is 352 g/mol. The Balaban J connectivity index is 1.52. The fourth-order valence-electron chi connectivity index (χ4n) is 3.84. The highest BCUT2D eigenvalue weighted by Gasteiger charge is 2.27. The molecule has 26 heavy (non-hydrogen) atoms. The van der Waals surface area contributed by atoms with Gasteiger partial charge in [-0.1, -0.05) is 0 Å². The van der Waals surface area contributed by atoms with Crippen LogP contribution in [0.5, 0.6) is 0 Å². The highest BCUT2D eigenvalue weighted by atomic mass is 16.2. The Labute approximate surface area is 152 Å². The summed E-state index contributed by atoms with van der Waals surface area (Å²) < 4.78 is 1.75. The molecule has 0 bridgehead atoms. The summed E-state index contributed by atoms with van der Waals surface area (Å²) in [5.74, 6) is 0.449. The lowest BCUT2D eigenvalue weighted by Gasteiger charge is -2.32. The summed E-state index contributed by atoms with van der Waals surface area (Å²) in [4.78, 5) is 19.4. The molecule has 1 fully saturated rings. The number of hydrogen-bond donors (Lipinski definition) is 1. The molecule has 0 aromatic carbocycles. The predicted octanol–water partition coefficient (Wildman–Crippen LogP) is 2.47. The number of aromatic amines is 1. The van der Waals surface area contributed by atoms with Crippen molar-refractivity contribution in [2.24, 2.45) is 5.92 Å². The first-order valence-electron chi connectivity index (χ1n) is 9.13. The summed E-state index contributed by atoms with van der Waals surface area (Å²) in [5.41, 5.74) is 5.48. The van der Waals surface area contributed by atoms with Crippen molar-refractivity contribution >= 4 is 11.6 Å². The van der Waals surface area contributed by atoms with E-state index in [1.54, 1.807) is 10.6 Å². The van der Waals surface area contributed by atoms with E-state index in [2.05, 4.69) is 27.2 Å². The van der Waals surface area contributed by atoms with Crippen LogP contribution in [0.1, 0.15) is 46.0 Å². The quantitative estimate of drug-likeness (QED) is 0.785. The van der Waals surface area contributed by atoms with Crippen molar-refractivity contribution < 1.29 is 4.79 Å². The van der Waals surface area contributed by atoms with Gasteiger partial charge in [-0.05, 0) is 57.6 Å². The molecule has 0 unspecified atom stereocenters. The van der Waals surface area contributed by atoms with Gasteiger partial charge in [0.15, 0.2) is 11.3 Å². The molecule has 3 aromatic rings. The molecule has 0 aliphatic carbocycles. The van der Waals surface area contributed by atoms with Crippen LogP contribution in [0, 0.1) is 26.7 Å². The number of fused-ring (bicyclic) bond motifs is 1. The van der Waals surface area contributed by atoms with Gasteiger partial charge in [-0.3, -0.25) is 9.89 Å². The maximum Gasteiger partial charge on any atom is 0.274 e. The van der Waals surface area contributed by atoms with E-state index in [1.165, 1.54) is 11.3 Å². The number of hydrogen-bond acceptors (Lipinski definition) is 4. The average molecular weight is 352 g/mol. The van der Waals surface area contributed by atoms with E-state index in [0.717, 1.165) is 49.4 Å². The molecule has 7 heteroatoms. The molecule has 4 rings (SSSR count). The zero-order valence-corrected chi connectivity index (χ0v) is 15.5. The van der Waals surface area contributed by atoms with Crippen molar-refractivity contribution in [3.63, 3.8) is 0 Å². The summed E-state index contributed by atoms with van der Waals surface area (Å²) in [6, 6.07) is 3.77. The SMILES string of the molecule is Cc1cc(C)n2nc(C(=O)N3CCC[C@H](Cc4[nH]ncc4C)C3)cc2n1. The van der Waals surface area contributed by atoms with Crippen molar-refractivity contribution in [1.82, 2.24) is 29.7 Å². The van der Waals surface area contributed by atoms with Gasteiger partial charge in [-0.2, -0.15) is 10.2 Å². The first-order valence-corrected chi connectivity index (χ1v) is 9.13. The molecule has 0 spiro atoms. The first kappa shape index (κ1) is 16.8. The number of piperidine rings is 1. The van der Waals surface area contributed by atoms with Gasteiger partial charge in [-0.15, -0.1) is 0 Å². The first-order chi connectivity index (χ1) is 12.5. The zero-order valence-electron chi connectivity index (χ0n) is 15.5. The molecule has 3 aromatic heterocycles. The van der Waals surface area contributed by atoms with Crippen LogP contribution in [0.3, 0.4) is 0 Å². The van der Waals surface area contributed by atoms with Crippen LogP contribution in [-0.4, -0.2) is 48.7 Å². The van der Waals surface area contributed by atoms with Gasteiger partial charge in [-0.25, -0.2) is 9.50 Å². The number of nitrogens with zero attached hydrogens (tertiary/aromatic N) is 5. The van der Waals surface area contributed by atoms with Gasteiger partial charge in [0.05, 0.1) is 6.20 Å². The number of aromatic nitrogens is 5. The van der Waals surface area contributed by atoms with Crippen LogP contribution in [0.4, 0.5) is 0 Å². The van der Waals surface area contributed by atoms with Gasteiger partial charge in [0.25, 0.3) is 5.91 Å². The number of carbonyl (C=O) groups is 1. The highest BCUT2D eigenvalue weighted by molar-refractivity contribution is 5.93. The van der Waals surface area contributed by atoms with Crippen LogP contribution < -0.4 is 0 Å². The average Bonchev–Trinajstić information content (AvgIpc) is 3.21. The normalized spacial score (nSPS) is 17.8. The van der Waals surface area contributed by atoms with Gasteiger partial charge >= 0.3 is 0 Å². The summed E-state index contributed by atoms with van der Waals surface area (Å²) in [6.45, 7) is 7.55. The van der Waals surface area contributed by atoms with Gasteiger partial charge in [0.1, 0.15) is 0 Å². The lowest BCUT2D eigenvalue weighted by Crippen LogP contribution is -2.40. The molecule has 7 nitrogen and oxygen atoms in total. The Morgan fingerprint density at radius 2 is 2.15 bits per heavy atom. The minimum absolute atomic E-state index is 0.00131. The zero-order chi connectivity index (χ0) is 18.3. The number of aryl methyl sites for hydroxylation is 3. The molecule has 1 aliphatic heterocycles. The smallest absolute Gasteiger partial charge is 0.274 e. The summed E-state index contributed by atoms with van der Waals surface area (Å²) in [6.07, 6.45) is 4.94. The van der Waals surface area contributed by atoms with E-state index in [1.807, 2.05) is 31.0 Å². The van der Waals surface area contributed by atoms with Crippen LogP contribution in [0.25, 0.3) is 5.65 Å². The number of carbonyl (C=O) groups excluding carboxylic acids is 1. The molecular weight excluding hydrogens is 328 g/mol. The lowest BCUT2D eigenvalue weighted by molar-refractivity contribution is 0.0666. The molecule has 0 radical (unpaired) electrons. The molecule has 1 atom stereocenters. The van der Waals surface area contributed by atoms with Crippen LogP contribution in [0.15, 0.2) is 18.3 Å². The van der Waals surface area contributed by atoms with E-state index < -0.39 is 0 Å². The van der Waals surface area contributed by atoms with E-state index in [-0.39, 0.29) is 5.91 Å². The molecule has 1 aliphatic rings. The second-order valence-electron chi connectivity index (χ2n) is 7.33. The number of amides is 1. The Morgan fingerprint density at radius 1 is 1.31 bits per heavy atom. The van der Waals surface area contributed by atoms with Crippen molar-refractivity contribution in [3.8, 4) is 0 Å². The van der Waals surface area contributed by atoms with Gasteiger partial charge in [0.2, 0.25) is 0 Å². The fourth-order valence-corrected chi connectivity index (χ4v) is 3.84. The second-order valence-corrected chi connectivity index (χ2v) is 7.33. The Kier molecular flexibility index (Phi) is 4.22. The maximum atomic E-state index is 13.0. The third-order valence-corrected chi connectivity index (χ3v) is 5.19. The minimum Gasteiger partial charge on any atom is -0.337 e. The van der Waals surface area contributed by atoms with Gasteiger partial charge in [0, 0.05) is 36.2 Å². The maximum absolute atomic E-state index is 13.0. The minimum atomic E-state index is -0.00131. The summed E-state index contributed by atoms with van der Waals surface area (Å²) in [5, 5.41) is 11.7. The molecular formula is C19H24N6O. The van der Waals surface area contributed by atoms with E-state index in [4.69, 9.17) is 0 Å². The highest BCUT2D eigenvalue weighted by Crippen LogP contribution is 2.23. The van der Waals surface area contributed by atoms with E-state index in [9.17, 15) is 4.79 Å². The van der Waals surface area contributed by atoms with Crippen LogP contribution in [0.2, 0.25) is 0 Å². The largest absolute Gasteiger partial charge is 0.337 e. The number of H-pyrrole nitrogens is 1. The molecule has 4 heterocycles. The predicted molar refractivity (Wildman–Crippen MR) is 98.1 cm³/mol. The third-order valence-electron chi connectivity index (χ3n) is 5.19. The standard InChI is InChI=1S/C19H24N6O/c1-12-10-20-22-16(12)8-15-5-4-6-24(11-15)19(26)17-9-18-21-13(2)7-14(3)25(18)23-17/h7,9-10,15H,4-6,8,11H2,1-3H3,(H,20,22)/t15-/m1/s1. The van der Waals surface area contributed by atoms with Crippen molar-refractivity contribution in [2.45, 2.75) is 40.0 Å². The molecule has 1 amide bonds. The fraction of sp³-hybridized carbons (Fsp3) is 0.474. The number of nitrogens with one attached hydrogen (secondary N) is 1. The van der Waals surface area contributed by atoms with Crippen molar-refractivity contribution in [3.05, 3.63) is 46.7 Å². The third kappa shape index (κ3) is 3.09. The number of likely N-dealkylation sites (tertiary alicyclic amines) is 1.